The normalized spacial score (nSPS) is 15.0. The number of thioether (sulfide) groups is 1. The van der Waals surface area contributed by atoms with Crippen LogP contribution in [0.2, 0.25) is 0 Å². The third kappa shape index (κ3) is 4.06. The second-order valence-electron chi connectivity index (χ2n) is 6.63. The lowest BCUT2D eigenvalue weighted by atomic mass is 10.1. The number of rotatable bonds is 5. The molecule has 0 bridgehead atoms. The number of hydrogen-bond acceptors (Lipinski definition) is 7. The van der Waals surface area contributed by atoms with Crippen molar-refractivity contribution in [2.75, 3.05) is 5.32 Å². The number of benzene rings is 2. The van der Waals surface area contributed by atoms with Gasteiger partial charge in [-0.1, -0.05) is 60.3 Å². The first-order valence-corrected chi connectivity index (χ1v) is 10.5. The number of fused-ring (bicyclic) bond motifs is 3. The van der Waals surface area contributed by atoms with Gasteiger partial charge in [-0.2, -0.15) is 4.98 Å². The zero-order chi connectivity index (χ0) is 20.2. The lowest BCUT2D eigenvalue weighted by molar-refractivity contribution is 0.266. The van der Waals surface area contributed by atoms with Crippen LogP contribution in [-0.2, 0) is 5.75 Å². The number of nitrogens with zero attached hydrogens (tertiary/aromatic N) is 3. The summed E-state index contributed by atoms with van der Waals surface area (Å²) in [5.41, 5.74) is 3.64. The molecule has 1 N–H and O–H groups in total. The number of aromatic nitrogens is 3. The first-order valence-electron chi connectivity index (χ1n) is 9.51. The van der Waals surface area contributed by atoms with E-state index in [0.29, 0.717) is 16.7 Å². The molecule has 0 saturated carbocycles. The average Bonchev–Trinajstić information content (AvgIpc) is 3.26. The molecule has 0 aliphatic carbocycles. The largest absolute Gasteiger partial charge is 0.465 e. The molecule has 1 aliphatic rings. The van der Waals surface area contributed by atoms with Gasteiger partial charge in [0.1, 0.15) is 5.76 Å². The van der Waals surface area contributed by atoms with Crippen LogP contribution in [0.15, 0.2) is 88.6 Å². The Kier molecular flexibility index (Phi) is 5.18. The summed E-state index contributed by atoms with van der Waals surface area (Å²) in [6.07, 6.45) is 4.97. The molecule has 148 valence electrons. The summed E-state index contributed by atoms with van der Waals surface area (Å²) in [6, 6.07) is 21.8. The second-order valence-corrected chi connectivity index (χ2v) is 7.57. The van der Waals surface area contributed by atoms with E-state index in [-0.39, 0.29) is 0 Å². The van der Waals surface area contributed by atoms with Gasteiger partial charge in [-0.05, 0) is 35.9 Å². The number of furan rings is 1. The maximum Gasteiger partial charge on any atom is 0.247 e. The maximum absolute atomic E-state index is 6.16. The van der Waals surface area contributed by atoms with Gasteiger partial charge >= 0.3 is 0 Å². The van der Waals surface area contributed by atoms with E-state index in [9.17, 15) is 0 Å². The van der Waals surface area contributed by atoms with Gasteiger partial charge in [0.05, 0.1) is 6.26 Å². The van der Waals surface area contributed by atoms with Gasteiger partial charge < -0.3 is 14.5 Å². The summed E-state index contributed by atoms with van der Waals surface area (Å²) in [5.74, 6) is 1.96. The Morgan fingerprint density at radius 3 is 2.70 bits per heavy atom. The summed E-state index contributed by atoms with van der Waals surface area (Å²) in [6.45, 7) is 0. The monoisotopic (exact) mass is 414 g/mol. The summed E-state index contributed by atoms with van der Waals surface area (Å²) in [7, 11) is 0. The molecule has 0 spiro atoms. The average molecular weight is 414 g/mol. The molecule has 5 rings (SSSR count). The highest BCUT2D eigenvalue weighted by Gasteiger charge is 2.23. The van der Waals surface area contributed by atoms with Crippen molar-refractivity contribution in [2.45, 2.75) is 17.1 Å². The van der Waals surface area contributed by atoms with Crippen LogP contribution in [0.5, 0.6) is 5.88 Å². The number of nitrogens with one attached hydrogen (secondary N) is 1. The molecule has 0 fully saturated rings. The maximum atomic E-state index is 6.16. The zero-order valence-electron chi connectivity index (χ0n) is 15.9. The van der Waals surface area contributed by atoms with Gasteiger partial charge in [-0.3, -0.25) is 0 Å². The smallest absolute Gasteiger partial charge is 0.247 e. The highest BCUT2D eigenvalue weighted by Crippen LogP contribution is 2.36. The molecule has 0 amide bonds. The molecule has 2 aromatic carbocycles. The van der Waals surface area contributed by atoms with Crippen LogP contribution in [0.4, 0.5) is 5.69 Å². The van der Waals surface area contributed by atoms with Crippen molar-refractivity contribution in [1.29, 1.82) is 0 Å². The molecule has 0 radical (unpaired) electrons. The van der Waals surface area contributed by atoms with Crippen molar-refractivity contribution < 1.29 is 9.15 Å². The molecule has 1 atom stereocenters. The second kappa shape index (κ2) is 8.42. The van der Waals surface area contributed by atoms with E-state index in [1.165, 1.54) is 17.3 Å². The molecule has 30 heavy (non-hydrogen) atoms. The Morgan fingerprint density at radius 1 is 0.967 bits per heavy atom. The van der Waals surface area contributed by atoms with Gasteiger partial charge in [0.2, 0.25) is 11.0 Å². The first kappa shape index (κ1) is 18.4. The molecular weight excluding hydrogens is 396 g/mol. The van der Waals surface area contributed by atoms with Gasteiger partial charge in [0.15, 0.2) is 11.9 Å². The fourth-order valence-corrected chi connectivity index (χ4v) is 3.84. The van der Waals surface area contributed by atoms with Crippen LogP contribution in [0.3, 0.4) is 0 Å². The topological polar surface area (TPSA) is 73.1 Å². The zero-order valence-corrected chi connectivity index (χ0v) is 16.8. The quantitative estimate of drug-likeness (QED) is 0.446. The van der Waals surface area contributed by atoms with Gasteiger partial charge in [-0.25, -0.2) is 0 Å². The Balaban J connectivity index is 1.44. The van der Waals surface area contributed by atoms with Crippen LogP contribution in [0.25, 0.3) is 17.3 Å². The summed E-state index contributed by atoms with van der Waals surface area (Å²) >= 11 is 1.53. The predicted molar refractivity (Wildman–Crippen MR) is 117 cm³/mol. The van der Waals surface area contributed by atoms with Crippen LogP contribution < -0.4 is 10.1 Å². The van der Waals surface area contributed by atoms with Gasteiger partial charge in [-0.15, -0.1) is 10.2 Å². The SMILES string of the molecule is C(=C/[C@H]1Nc2ccccc2-c2nnc(SCc3ccccc3)nc2O1)/c1ccco1. The third-order valence-electron chi connectivity index (χ3n) is 4.54. The standard InChI is InChI=1S/C23H18N4O2S/c1-2-7-16(8-3-1)15-30-23-25-22-21(26-27-23)18-10-4-5-11-19(18)24-20(29-22)13-12-17-9-6-14-28-17/h1-14,20,24H,15H2/b13-12-/t20-/m0/s1. The van der Waals surface area contributed by atoms with E-state index >= 15 is 0 Å². The Labute approximate surface area is 178 Å². The minimum Gasteiger partial charge on any atom is -0.465 e. The fourth-order valence-electron chi connectivity index (χ4n) is 3.11. The molecule has 1 aliphatic heterocycles. The molecule has 2 aromatic heterocycles. The Morgan fingerprint density at radius 2 is 1.83 bits per heavy atom. The van der Waals surface area contributed by atoms with Crippen LogP contribution in [0, 0.1) is 0 Å². The van der Waals surface area contributed by atoms with E-state index in [4.69, 9.17) is 9.15 Å². The van der Waals surface area contributed by atoms with Crippen molar-refractivity contribution in [3.05, 3.63) is 90.4 Å². The number of para-hydroxylation sites is 1. The fraction of sp³-hybridized carbons (Fsp3) is 0.0870. The van der Waals surface area contributed by atoms with E-state index in [2.05, 4.69) is 32.6 Å². The van der Waals surface area contributed by atoms with Crippen molar-refractivity contribution in [1.82, 2.24) is 15.2 Å². The van der Waals surface area contributed by atoms with Gasteiger partial charge in [0.25, 0.3) is 0 Å². The van der Waals surface area contributed by atoms with E-state index < -0.39 is 6.23 Å². The molecule has 0 unspecified atom stereocenters. The van der Waals surface area contributed by atoms with E-state index in [0.717, 1.165) is 22.8 Å². The Bertz CT molecular complexity index is 1160. The van der Waals surface area contributed by atoms with Crippen LogP contribution in [0.1, 0.15) is 11.3 Å². The number of anilines is 1. The predicted octanol–water partition coefficient (Wildman–Crippen LogP) is 5.27. The lowest BCUT2D eigenvalue weighted by Gasteiger charge is -2.15. The minimum absolute atomic E-state index is 0.429. The highest BCUT2D eigenvalue weighted by atomic mass is 32.2. The molecule has 3 heterocycles. The van der Waals surface area contributed by atoms with Crippen LogP contribution >= 0.6 is 11.8 Å². The molecule has 7 heteroatoms. The van der Waals surface area contributed by atoms with E-state index in [1.54, 1.807) is 6.26 Å². The van der Waals surface area contributed by atoms with Gasteiger partial charge in [0, 0.05) is 17.0 Å². The van der Waals surface area contributed by atoms with Crippen molar-refractivity contribution in [3.8, 4) is 17.1 Å². The molecular formula is C23H18N4O2S. The van der Waals surface area contributed by atoms with Crippen molar-refractivity contribution >= 4 is 23.5 Å². The molecule has 0 saturated heterocycles. The van der Waals surface area contributed by atoms with Crippen LogP contribution in [-0.4, -0.2) is 21.4 Å². The molecule has 4 aromatic rings. The number of ether oxygens (including phenoxy) is 1. The highest BCUT2D eigenvalue weighted by molar-refractivity contribution is 7.98. The van der Waals surface area contributed by atoms with Crippen molar-refractivity contribution in [3.63, 3.8) is 0 Å². The lowest BCUT2D eigenvalue weighted by Crippen LogP contribution is -2.23. The number of hydrogen-bond donors (Lipinski definition) is 1. The first-order chi connectivity index (χ1) is 14.8. The summed E-state index contributed by atoms with van der Waals surface area (Å²) in [5, 5.41) is 12.7. The Hall–Kier alpha value is -3.58. The summed E-state index contributed by atoms with van der Waals surface area (Å²) in [4.78, 5) is 4.65. The third-order valence-corrected chi connectivity index (χ3v) is 5.45. The van der Waals surface area contributed by atoms with Crippen molar-refractivity contribution in [2.24, 2.45) is 0 Å². The summed E-state index contributed by atoms with van der Waals surface area (Å²) < 4.78 is 11.5. The minimum atomic E-state index is -0.429. The molecule has 6 nitrogen and oxygen atoms in total. The van der Waals surface area contributed by atoms with E-state index in [1.807, 2.05) is 66.7 Å².